The van der Waals surface area contributed by atoms with Gasteiger partial charge in [-0.15, -0.1) is 0 Å². The van der Waals surface area contributed by atoms with Crippen LogP contribution in [-0.2, 0) is 0 Å². The molecule has 0 saturated carbocycles. The second-order valence-corrected chi connectivity index (χ2v) is 2.94. The van der Waals surface area contributed by atoms with Crippen LogP contribution >= 0.6 is 0 Å². The largest absolute Gasteiger partial charge is 0.363 e. The van der Waals surface area contributed by atoms with Gasteiger partial charge in [0.15, 0.2) is 0 Å². The lowest BCUT2D eigenvalue weighted by Gasteiger charge is -2.03. The Kier molecular flexibility index (Phi) is 2.79. The maximum absolute atomic E-state index is 11.7. The number of hydrogen-bond donors (Lipinski definition) is 3. The molecule has 2 heterocycles. The van der Waals surface area contributed by atoms with Crippen LogP contribution in [0, 0.1) is 0 Å². The number of hydrogen-bond acceptors (Lipinski definition) is 6. The Morgan fingerprint density at radius 2 is 2.31 bits per heavy atom. The predicted molar refractivity (Wildman–Crippen MR) is 56.5 cm³/mol. The third-order valence-corrected chi connectivity index (χ3v) is 1.85. The van der Waals surface area contributed by atoms with E-state index in [-0.39, 0.29) is 11.6 Å². The first-order valence-electron chi connectivity index (χ1n) is 4.43. The van der Waals surface area contributed by atoms with Gasteiger partial charge in [-0.3, -0.25) is 15.6 Å². The fourth-order valence-electron chi connectivity index (χ4n) is 1.11. The van der Waals surface area contributed by atoms with E-state index >= 15 is 0 Å². The molecule has 0 aliphatic rings. The Balaban J connectivity index is 2.14. The van der Waals surface area contributed by atoms with Crippen LogP contribution < -0.4 is 16.6 Å². The fraction of sp³-hybridized carbons (Fsp3) is 0. The minimum absolute atomic E-state index is 0.247. The molecule has 1 amide bonds. The summed E-state index contributed by atoms with van der Waals surface area (Å²) in [6.07, 6.45) is 4.20. The molecule has 0 aromatic carbocycles. The zero-order chi connectivity index (χ0) is 11.4. The van der Waals surface area contributed by atoms with Gasteiger partial charge in [-0.1, -0.05) is 5.16 Å². The zero-order valence-electron chi connectivity index (χ0n) is 8.18. The second kappa shape index (κ2) is 4.41. The summed E-state index contributed by atoms with van der Waals surface area (Å²) in [7, 11) is 0. The number of aromatic nitrogens is 2. The van der Waals surface area contributed by atoms with Gasteiger partial charge in [-0.05, 0) is 12.1 Å². The molecule has 0 fully saturated rings. The van der Waals surface area contributed by atoms with Crippen LogP contribution in [0.2, 0.25) is 0 Å². The van der Waals surface area contributed by atoms with Gasteiger partial charge in [-0.2, -0.15) is 0 Å². The summed E-state index contributed by atoms with van der Waals surface area (Å²) in [5.41, 5.74) is 3.75. The van der Waals surface area contributed by atoms with Crippen LogP contribution in [0.1, 0.15) is 10.5 Å². The molecule has 2 rings (SSSR count). The van der Waals surface area contributed by atoms with Gasteiger partial charge < -0.3 is 15.3 Å². The Hall–Kier alpha value is -2.41. The summed E-state index contributed by atoms with van der Waals surface area (Å²) < 4.78 is 4.58. The van der Waals surface area contributed by atoms with Gasteiger partial charge in [0, 0.05) is 6.20 Å². The Morgan fingerprint density at radius 3 is 3.00 bits per heavy atom. The van der Waals surface area contributed by atoms with E-state index in [2.05, 4.69) is 25.4 Å². The summed E-state index contributed by atoms with van der Waals surface area (Å²) in [5, 5.41) is 6.02. The molecule has 0 bridgehead atoms. The van der Waals surface area contributed by atoms with Crippen LogP contribution in [0.3, 0.4) is 0 Å². The highest BCUT2D eigenvalue weighted by Crippen LogP contribution is 2.09. The van der Waals surface area contributed by atoms with Crippen molar-refractivity contribution < 1.29 is 9.32 Å². The van der Waals surface area contributed by atoms with Crippen LogP contribution in [0.4, 0.5) is 11.4 Å². The molecule has 82 valence electrons. The van der Waals surface area contributed by atoms with Crippen molar-refractivity contribution in [3.05, 3.63) is 36.5 Å². The molecule has 0 aliphatic heterocycles. The number of pyridine rings is 1. The van der Waals surface area contributed by atoms with E-state index in [4.69, 9.17) is 5.84 Å². The van der Waals surface area contributed by atoms with Gasteiger partial charge in [0.1, 0.15) is 17.6 Å². The number of hydrazine groups is 1. The molecular weight excluding hydrogens is 210 g/mol. The molecular formula is C9H9N5O2. The van der Waals surface area contributed by atoms with Gasteiger partial charge >= 0.3 is 0 Å². The van der Waals surface area contributed by atoms with E-state index in [1.165, 1.54) is 24.7 Å². The number of anilines is 2. The molecule has 0 unspecified atom stereocenters. The standard InChI is InChI=1S/C9H9N5O2/c10-14-6-1-2-11-8(3-6)9(15)13-7-4-12-16-5-7/h1-5H,10H2,(H,11,14)(H,13,15). The molecule has 0 spiro atoms. The van der Waals surface area contributed by atoms with Crippen molar-refractivity contribution in [1.82, 2.24) is 10.1 Å². The predicted octanol–water partition coefficient (Wildman–Crippen LogP) is 0.608. The molecule has 4 N–H and O–H groups in total. The van der Waals surface area contributed by atoms with Gasteiger partial charge in [0.05, 0.1) is 11.9 Å². The minimum Gasteiger partial charge on any atom is -0.363 e. The first-order chi connectivity index (χ1) is 7.79. The highest BCUT2D eigenvalue weighted by molar-refractivity contribution is 6.03. The van der Waals surface area contributed by atoms with Crippen LogP contribution in [0.25, 0.3) is 0 Å². The number of nitrogens with zero attached hydrogens (tertiary/aromatic N) is 2. The second-order valence-electron chi connectivity index (χ2n) is 2.94. The summed E-state index contributed by atoms with van der Waals surface area (Å²) in [5.74, 6) is 4.86. The quantitative estimate of drug-likeness (QED) is 0.515. The summed E-state index contributed by atoms with van der Waals surface area (Å²) in [6.45, 7) is 0. The Bertz CT molecular complexity index is 482. The molecule has 7 nitrogen and oxygen atoms in total. The molecule has 7 heteroatoms. The highest BCUT2D eigenvalue weighted by Gasteiger charge is 2.08. The fourth-order valence-corrected chi connectivity index (χ4v) is 1.11. The van der Waals surface area contributed by atoms with Crippen molar-refractivity contribution in [2.24, 2.45) is 5.84 Å². The van der Waals surface area contributed by atoms with Crippen LogP contribution in [-0.4, -0.2) is 16.0 Å². The third kappa shape index (κ3) is 2.15. The third-order valence-electron chi connectivity index (χ3n) is 1.85. The summed E-state index contributed by atoms with van der Waals surface area (Å²) in [6, 6.07) is 3.18. The van der Waals surface area contributed by atoms with E-state index in [0.717, 1.165) is 0 Å². The van der Waals surface area contributed by atoms with Crippen molar-refractivity contribution in [2.75, 3.05) is 10.7 Å². The first kappa shape index (κ1) is 10.1. The van der Waals surface area contributed by atoms with E-state index < -0.39 is 0 Å². The minimum atomic E-state index is -0.361. The topological polar surface area (TPSA) is 106 Å². The molecule has 2 aromatic rings. The normalized spacial score (nSPS) is 9.81. The maximum atomic E-state index is 11.7. The van der Waals surface area contributed by atoms with Gasteiger partial charge in [0.2, 0.25) is 0 Å². The van der Waals surface area contributed by atoms with E-state index in [0.29, 0.717) is 11.4 Å². The number of nitrogens with two attached hydrogens (primary N) is 1. The lowest BCUT2D eigenvalue weighted by Crippen LogP contribution is -2.14. The van der Waals surface area contributed by atoms with Gasteiger partial charge in [0.25, 0.3) is 5.91 Å². The lowest BCUT2D eigenvalue weighted by molar-refractivity contribution is 0.102. The lowest BCUT2D eigenvalue weighted by atomic mass is 10.3. The van der Waals surface area contributed by atoms with E-state index in [1.54, 1.807) is 6.07 Å². The van der Waals surface area contributed by atoms with Crippen molar-refractivity contribution in [3.63, 3.8) is 0 Å². The van der Waals surface area contributed by atoms with Crippen LogP contribution in [0.5, 0.6) is 0 Å². The number of carbonyl (C=O) groups excluding carboxylic acids is 1. The molecule has 0 radical (unpaired) electrons. The molecule has 16 heavy (non-hydrogen) atoms. The molecule has 0 saturated heterocycles. The monoisotopic (exact) mass is 219 g/mol. The smallest absolute Gasteiger partial charge is 0.274 e. The van der Waals surface area contributed by atoms with Crippen molar-refractivity contribution in [1.29, 1.82) is 0 Å². The first-order valence-corrected chi connectivity index (χ1v) is 4.43. The molecule has 2 aromatic heterocycles. The highest BCUT2D eigenvalue weighted by atomic mass is 16.5. The van der Waals surface area contributed by atoms with E-state index in [9.17, 15) is 4.79 Å². The number of nitrogens with one attached hydrogen (secondary N) is 2. The van der Waals surface area contributed by atoms with Gasteiger partial charge in [-0.25, -0.2) is 0 Å². The average Bonchev–Trinajstić information content (AvgIpc) is 2.82. The number of nitrogen functional groups attached to an aromatic ring is 1. The number of rotatable bonds is 3. The number of amides is 1. The SMILES string of the molecule is NNc1ccnc(C(=O)Nc2cnoc2)c1. The number of carbonyl (C=O) groups is 1. The van der Waals surface area contributed by atoms with Crippen molar-refractivity contribution in [3.8, 4) is 0 Å². The zero-order valence-corrected chi connectivity index (χ0v) is 8.18. The maximum Gasteiger partial charge on any atom is 0.274 e. The molecule has 0 atom stereocenters. The van der Waals surface area contributed by atoms with Crippen molar-refractivity contribution >= 4 is 17.3 Å². The van der Waals surface area contributed by atoms with Crippen molar-refractivity contribution in [2.45, 2.75) is 0 Å². The summed E-state index contributed by atoms with van der Waals surface area (Å²) >= 11 is 0. The summed E-state index contributed by atoms with van der Waals surface area (Å²) in [4.78, 5) is 15.6. The average molecular weight is 219 g/mol. The Labute approximate surface area is 90.6 Å². The Morgan fingerprint density at radius 1 is 1.44 bits per heavy atom. The van der Waals surface area contributed by atoms with E-state index in [1.807, 2.05) is 0 Å². The van der Waals surface area contributed by atoms with Crippen LogP contribution in [0.15, 0.2) is 35.3 Å². The molecule has 0 aliphatic carbocycles.